The zero-order chi connectivity index (χ0) is 19.8. The Hall–Kier alpha value is -3.09. The Morgan fingerprint density at radius 1 is 1.11 bits per heavy atom. The number of hydrogen-bond acceptors (Lipinski definition) is 5. The second-order valence-corrected chi connectivity index (χ2v) is 5.81. The smallest absolute Gasteiger partial charge is 0.270 e. The third-order valence-corrected chi connectivity index (χ3v) is 4.01. The molecule has 3 rings (SSSR count). The minimum Gasteiger partial charge on any atom is -0.494 e. The lowest BCUT2D eigenvalue weighted by atomic mass is 10.0. The van der Waals surface area contributed by atoms with Gasteiger partial charge in [-0.3, -0.25) is 14.9 Å². The van der Waals surface area contributed by atoms with Gasteiger partial charge in [0.15, 0.2) is 0 Å². The molecular weight excluding hydrogens is 346 g/mol. The fourth-order valence-corrected chi connectivity index (χ4v) is 2.62. The van der Waals surface area contributed by atoms with Gasteiger partial charge in [0.2, 0.25) is 0 Å². The second-order valence-electron chi connectivity index (χ2n) is 5.81. The number of nitro groups is 1. The van der Waals surface area contributed by atoms with Crippen molar-refractivity contribution in [3.63, 3.8) is 0 Å². The van der Waals surface area contributed by atoms with Crippen LogP contribution in [0.2, 0.25) is 0 Å². The molecule has 1 heterocycles. The minimum absolute atomic E-state index is 0.109. The predicted molar refractivity (Wildman–Crippen MR) is 105 cm³/mol. The van der Waals surface area contributed by atoms with Gasteiger partial charge in [-0.1, -0.05) is 39.3 Å². The molecule has 1 atom stereocenters. The third kappa shape index (κ3) is 4.97. The van der Waals surface area contributed by atoms with Crippen molar-refractivity contribution in [3.05, 3.63) is 63.7 Å². The molecule has 27 heavy (non-hydrogen) atoms. The molecule has 1 aliphatic rings. The summed E-state index contributed by atoms with van der Waals surface area (Å²) in [7, 11) is 0. The molecule has 7 heteroatoms. The highest BCUT2D eigenvalue weighted by molar-refractivity contribution is 6.02. The number of carbonyl (C=O) groups excluding carboxylic acids is 1. The van der Waals surface area contributed by atoms with E-state index in [-0.39, 0.29) is 17.2 Å². The van der Waals surface area contributed by atoms with E-state index < -0.39 is 11.1 Å². The number of rotatable bonds is 6. The normalized spacial score (nSPS) is 14.8. The highest BCUT2D eigenvalue weighted by Crippen LogP contribution is 2.30. The first kappa shape index (κ1) is 20.2. The average Bonchev–Trinajstić information content (AvgIpc) is 2.70. The molecule has 2 N–H and O–H groups in total. The largest absolute Gasteiger partial charge is 0.494 e. The summed E-state index contributed by atoms with van der Waals surface area (Å²) in [6.45, 7) is 6.79. The van der Waals surface area contributed by atoms with Crippen molar-refractivity contribution >= 4 is 17.3 Å². The number of nitro benzene ring substituents is 1. The van der Waals surface area contributed by atoms with Crippen LogP contribution in [0.1, 0.15) is 55.7 Å². The van der Waals surface area contributed by atoms with Crippen LogP contribution in [-0.2, 0) is 0 Å². The maximum atomic E-state index is 12.3. The first-order valence-corrected chi connectivity index (χ1v) is 9.17. The number of nitrogens with zero attached hydrogens (tertiary/aromatic N) is 1. The van der Waals surface area contributed by atoms with E-state index >= 15 is 0 Å². The minimum atomic E-state index is -0.517. The molecule has 1 aliphatic heterocycles. The molecule has 2 aromatic carbocycles. The summed E-state index contributed by atoms with van der Waals surface area (Å²) < 4.78 is 5.63. The Labute approximate surface area is 158 Å². The van der Waals surface area contributed by atoms with E-state index in [0.717, 1.165) is 24.2 Å². The first-order chi connectivity index (χ1) is 13.1. The van der Waals surface area contributed by atoms with E-state index in [1.54, 1.807) is 6.07 Å². The van der Waals surface area contributed by atoms with E-state index in [4.69, 9.17) is 4.74 Å². The van der Waals surface area contributed by atoms with Gasteiger partial charge in [-0.05, 0) is 30.2 Å². The number of carbonyl (C=O) groups is 1. The Kier molecular flexibility index (Phi) is 7.16. The molecule has 0 bridgehead atoms. The summed E-state index contributed by atoms with van der Waals surface area (Å²) in [6, 6.07) is 11.7. The molecule has 1 unspecified atom stereocenters. The van der Waals surface area contributed by atoms with Crippen molar-refractivity contribution < 1.29 is 14.5 Å². The molecule has 7 nitrogen and oxygen atoms in total. The number of ether oxygens (including phenoxy) is 1. The van der Waals surface area contributed by atoms with Crippen LogP contribution in [0.4, 0.5) is 11.4 Å². The zero-order valence-electron chi connectivity index (χ0n) is 15.8. The number of hydrogen-bond donors (Lipinski definition) is 2. The topological polar surface area (TPSA) is 93.5 Å². The molecular formula is C20H25N3O4. The molecule has 0 radical (unpaired) electrons. The van der Waals surface area contributed by atoms with E-state index in [1.165, 1.54) is 12.1 Å². The highest BCUT2D eigenvalue weighted by Gasteiger charge is 2.26. The van der Waals surface area contributed by atoms with E-state index in [0.29, 0.717) is 12.3 Å². The number of non-ortho nitro benzene ring substituents is 1. The van der Waals surface area contributed by atoms with Gasteiger partial charge in [0.1, 0.15) is 11.9 Å². The lowest BCUT2D eigenvalue weighted by Crippen LogP contribution is -2.38. The fourth-order valence-electron chi connectivity index (χ4n) is 2.62. The van der Waals surface area contributed by atoms with Crippen LogP contribution < -0.4 is 15.4 Å². The van der Waals surface area contributed by atoms with Crippen LogP contribution >= 0.6 is 0 Å². The quantitative estimate of drug-likeness (QED) is 0.438. The maximum Gasteiger partial charge on any atom is 0.270 e. The van der Waals surface area contributed by atoms with Gasteiger partial charge in [0.25, 0.3) is 11.6 Å². The molecule has 1 amide bonds. The molecule has 0 spiro atoms. The number of amides is 1. The van der Waals surface area contributed by atoms with Crippen molar-refractivity contribution in [2.24, 2.45) is 0 Å². The number of unbranched alkanes of at least 4 members (excludes halogenated alkanes) is 1. The van der Waals surface area contributed by atoms with Gasteiger partial charge >= 0.3 is 0 Å². The van der Waals surface area contributed by atoms with Crippen LogP contribution in [0.5, 0.6) is 5.75 Å². The molecule has 0 saturated carbocycles. The van der Waals surface area contributed by atoms with E-state index in [1.807, 2.05) is 38.1 Å². The Balaban J connectivity index is 0.00000126. The molecule has 0 fully saturated rings. The Morgan fingerprint density at radius 2 is 1.81 bits per heavy atom. The molecule has 0 saturated heterocycles. The van der Waals surface area contributed by atoms with Crippen LogP contribution in [0.15, 0.2) is 42.5 Å². The molecule has 0 aliphatic carbocycles. The predicted octanol–water partition coefficient (Wildman–Crippen LogP) is 4.65. The second kappa shape index (κ2) is 9.56. The molecule has 144 valence electrons. The average molecular weight is 371 g/mol. The monoisotopic (exact) mass is 371 g/mol. The van der Waals surface area contributed by atoms with Gasteiger partial charge in [-0.15, -0.1) is 0 Å². The lowest BCUT2D eigenvalue weighted by molar-refractivity contribution is -0.384. The summed E-state index contributed by atoms with van der Waals surface area (Å²) in [6.07, 6.45) is 1.68. The highest BCUT2D eigenvalue weighted by atomic mass is 16.6. The SMILES string of the molecule is CC.CCCCOc1ccc(C2NC(=O)c3cc([N+](=O)[O-])ccc3N2)cc1. The number of benzene rings is 2. The molecule has 2 aromatic rings. The van der Waals surface area contributed by atoms with E-state index in [2.05, 4.69) is 17.6 Å². The van der Waals surface area contributed by atoms with Gasteiger partial charge < -0.3 is 15.4 Å². The van der Waals surface area contributed by atoms with Crippen molar-refractivity contribution in [2.75, 3.05) is 11.9 Å². The van der Waals surface area contributed by atoms with Crippen molar-refractivity contribution in [1.82, 2.24) is 5.32 Å². The van der Waals surface area contributed by atoms with Crippen LogP contribution in [0.25, 0.3) is 0 Å². The van der Waals surface area contributed by atoms with Crippen LogP contribution in [-0.4, -0.2) is 17.4 Å². The lowest BCUT2D eigenvalue weighted by Gasteiger charge is -2.28. The maximum absolute atomic E-state index is 12.3. The van der Waals surface area contributed by atoms with Gasteiger partial charge in [-0.2, -0.15) is 0 Å². The van der Waals surface area contributed by atoms with Crippen molar-refractivity contribution in [3.8, 4) is 5.75 Å². The number of anilines is 1. The Bertz CT molecular complexity index is 790. The molecule has 0 aromatic heterocycles. The van der Waals surface area contributed by atoms with Gasteiger partial charge in [0, 0.05) is 17.8 Å². The van der Waals surface area contributed by atoms with Crippen molar-refractivity contribution in [1.29, 1.82) is 0 Å². The fraction of sp³-hybridized carbons (Fsp3) is 0.350. The van der Waals surface area contributed by atoms with E-state index in [9.17, 15) is 14.9 Å². The third-order valence-electron chi connectivity index (χ3n) is 4.01. The van der Waals surface area contributed by atoms with Crippen molar-refractivity contribution in [2.45, 2.75) is 39.8 Å². The number of nitrogens with one attached hydrogen (secondary N) is 2. The van der Waals surface area contributed by atoms with Crippen LogP contribution in [0, 0.1) is 10.1 Å². The van der Waals surface area contributed by atoms with Gasteiger partial charge in [-0.25, -0.2) is 0 Å². The summed E-state index contributed by atoms with van der Waals surface area (Å²) >= 11 is 0. The first-order valence-electron chi connectivity index (χ1n) is 9.17. The summed E-state index contributed by atoms with van der Waals surface area (Å²) in [5, 5.41) is 16.8. The zero-order valence-corrected chi connectivity index (χ0v) is 15.8. The van der Waals surface area contributed by atoms with Crippen LogP contribution in [0.3, 0.4) is 0 Å². The summed E-state index contributed by atoms with van der Waals surface area (Å²) in [4.78, 5) is 22.6. The summed E-state index contributed by atoms with van der Waals surface area (Å²) in [5.74, 6) is 0.445. The standard InChI is InChI=1S/C18H19N3O4.C2H6/c1-2-3-10-25-14-7-4-12(5-8-14)17-19-16-9-6-13(21(23)24)11-15(16)18(22)20-17;1-2/h4-9,11,17,19H,2-3,10H2,1H3,(H,20,22);1-2H3. The number of fused-ring (bicyclic) bond motifs is 1. The van der Waals surface area contributed by atoms with Gasteiger partial charge in [0.05, 0.1) is 17.1 Å². The summed E-state index contributed by atoms with van der Waals surface area (Å²) in [5.41, 5.74) is 1.61. The Morgan fingerprint density at radius 3 is 2.44 bits per heavy atom.